The van der Waals surface area contributed by atoms with Gasteiger partial charge in [0.05, 0.1) is 13.7 Å². The summed E-state index contributed by atoms with van der Waals surface area (Å²) in [6.45, 7) is 3.88. The molecule has 0 aliphatic rings. The number of esters is 1. The molecule has 0 radical (unpaired) electrons. The molecule has 1 rings (SSSR count). The topological polar surface area (TPSA) is 68.1 Å². The first kappa shape index (κ1) is 16.2. The molecule has 0 unspecified atom stereocenters. The van der Waals surface area contributed by atoms with Gasteiger partial charge in [-0.05, 0) is 13.3 Å². The fraction of sp³-hybridized carbons (Fsp3) is 0.429. The smallest absolute Gasteiger partial charge is 0.343 e. The van der Waals surface area contributed by atoms with E-state index in [1.807, 2.05) is 12.3 Å². The van der Waals surface area contributed by atoms with E-state index in [1.54, 1.807) is 19.4 Å². The molecule has 1 aromatic rings. The first-order valence-electron chi connectivity index (χ1n) is 6.37. The van der Waals surface area contributed by atoms with Gasteiger partial charge in [0.1, 0.15) is 17.0 Å². The lowest BCUT2D eigenvalue weighted by atomic mass is 10.2. The number of aliphatic imine (C=N–C) groups is 1. The highest BCUT2D eigenvalue weighted by Gasteiger charge is 2.14. The number of carbonyl (C=O) groups is 1. The van der Waals surface area contributed by atoms with Crippen molar-refractivity contribution >= 4 is 29.2 Å². The predicted octanol–water partition coefficient (Wildman–Crippen LogP) is 3.63. The number of allylic oxidation sites excluding steroid dienone is 1. The Morgan fingerprint density at radius 3 is 2.80 bits per heavy atom. The predicted molar refractivity (Wildman–Crippen MR) is 80.2 cm³/mol. The van der Waals surface area contributed by atoms with Gasteiger partial charge < -0.3 is 14.6 Å². The lowest BCUT2D eigenvalue weighted by Gasteiger charge is -2.05. The second-order valence-corrected chi connectivity index (χ2v) is 4.66. The summed E-state index contributed by atoms with van der Waals surface area (Å²) in [5.41, 5.74) is 0.700. The monoisotopic (exact) mass is 297 g/mol. The van der Waals surface area contributed by atoms with E-state index in [0.29, 0.717) is 17.9 Å². The number of thiophene rings is 1. The summed E-state index contributed by atoms with van der Waals surface area (Å²) in [6.07, 6.45) is 2.46. The molecule has 1 aromatic heterocycles. The van der Waals surface area contributed by atoms with Crippen molar-refractivity contribution in [2.75, 3.05) is 13.7 Å². The van der Waals surface area contributed by atoms with Crippen LogP contribution in [0.25, 0.3) is 0 Å². The SMILES string of the molecule is CCC/C(O)=C(/C=Nc1cscc1OC)C(=O)OCC. The Labute approximate surface area is 122 Å². The number of carbonyl (C=O) groups excluding carboxylic acids is 1. The molecule has 0 bridgehead atoms. The molecule has 0 aliphatic heterocycles. The molecule has 6 heteroatoms. The van der Waals surface area contributed by atoms with Crippen molar-refractivity contribution in [2.45, 2.75) is 26.7 Å². The summed E-state index contributed by atoms with van der Waals surface area (Å²) in [5, 5.41) is 13.5. The molecule has 0 spiro atoms. The number of hydrogen-bond acceptors (Lipinski definition) is 6. The second-order valence-electron chi connectivity index (χ2n) is 3.91. The molecule has 0 fully saturated rings. The highest BCUT2D eigenvalue weighted by atomic mass is 32.1. The van der Waals surface area contributed by atoms with Gasteiger partial charge in [-0.2, -0.15) is 0 Å². The first-order chi connectivity index (χ1) is 9.63. The largest absolute Gasteiger partial charge is 0.511 e. The Balaban J connectivity index is 3.01. The summed E-state index contributed by atoms with van der Waals surface area (Å²) >= 11 is 1.45. The maximum Gasteiger partial charge on any atom is 0.343 e. The number of hydrogen-bond donors (Lipinski definition) is 1. The Morgan fingerprint density at radius 1 is 1.45 bits per heavy atom. The van der Waals surface area contributed by atoms with E-state index >= 15 is 0 Å². The van der Waals surface area contributed by atoms with Crippen LogP contribution in [0.5, 0.6) is 5.75 Å². The standard InChI is InChI=1S/C14H19NO4S/c1-4-6-12(16)10(14(17)19-5-2)7-15-11-8-20-9-13(11)18-3/h7-9,16H,4-6H2,1-3H3/b12-10+,15-7?. The molecule has 110 valence electrons. The molecule has 5 nitrogen and oxygen atoms in total. The van der Waals surface area contributed by atoms with Crippen molar-refractivity contribution in [3.8, 4) is 5.75 Å². The zero-order valence-corrected chi connectivity index (χ0v) is 12.7. The van der Waals surface area contributed by atoms with Crippen LogP contribution >= 0.6 is 11.3 Å². The third-order valence-electron chi connectivity index (χ3n) is 2.45. The Hall–Kier alpha value is -1.82. The van der Waals surface area contributed by atoms with Crippen LogP contribution in [0, 0.1) is 0 Å². The molecular weight excluding hydrogens is 278 g/mol. The van der Waals surface area contributed by atoms with Crippen molar-refractivity contribution in [1.82, 2.24) is 0 Å². The van der Waals surface area contributed by atoms with E-state index in [2.05, 4.69) is 4.99 Å². The van der Waals surface area contributed by atoms with Crippen molar-refractivity contribution in [3.05, 3.63) is 22.1 Å². The normalized spacial score (nSPS) is 12.3. The molecule has 0 aromatic carbocycles. The zero-order chi connectivity index (χ0) is 15.0. The average Bonchev–Trinajstić information content (AvgIpc) is 2.87. The van der Waals surface area contributed by atoms with Crippen LogP contribution in [0.2, 0.25) is 0 Å². The Morgan fingerprint density at radius 2 is 2.20 bits per heavy atom. The Kier molecular flexibility index (Phi) is 6.79. The fourth-order valence-corrected chi connectivity index (χ4v) is 2.20. The van der Waals surface area contributed by atoms with Crippen LogP contribution in [-0.2, 0) is 9.53 Å². The van der Waals surface area contributed by atoms with Crippen molar-refractivity contribution in [3.63, 3.8) is 0 Å². The highest BCUT2D eigenvalue weighted by Crippen LogP contribution is 2.31. The van der Waals surface area contributed by atoms with Crippen molar-refractivity contribution in [2.24, 2.45) is 4.99 Å². The number of rotatable bonds is 7. The minimum atomic E-state index is -0.573. The molecule has 20 heavy (non-hydrogen) atoms. The van der Waals surface area contributed by atoms with Gasteiger partial charge in [-0.15, -0.1) is 11.3 Å². The van der Waals surface area contributed by atoms with Gasteiger partial charge in [-0.25, -0.2) is 4.79 Å². The van der Waals surface area contributed by atoms with E-state index in [1.165, 1.54) is 17.6 Å². The van der Waals surface area contributed by atoms with Gasteiger partial charge in [-0.1, -0.05) is 6.92 Å². The van der Waals surface area contributed by atoms with Gasteiger partial charge in [0, 0.05) is 23.4 Å². The molecular formula is C14H19NO4S. The van der Waals surface area contributed by atoms with Crippen LogP contribution < -0.4 is 4.74 Å². The van der Waals surface area contributed by atoms with E-state index in [-0.39, 0.29) is 17.9 Å². The van der Waals surface area contributed by atoms with Gasteiger partial charge >= 0.3 is 5.97 Å². The Bertz CT molecular complexity index is 505. The second kappa shape index (κ2) is 8.37. The third-order valence-corrected chi connectivity index (χ3v) is 3.16. The van der Waals surface area contributed by atoms with E-state index in [4.69, 9.17) is 9.47 Å². The fourth-order valence-electron chi connectivity index (χ4n) is 1.48. The van der Waals surface area contributed by atoms with Gasteiger partial charge in [0.2, 0.25) is 0 Å². The molecule has 0 aliphatic carbocycles. The van der Waals surface area contributed by atoms with Crippen LogP contribution in [0.1, 0.15) is 26.7 Å². The number of aliphatic hydroxyl groups is 1. The molecule has 1 heterocycles. The zero-order valence-electron chi connectivity index (χ0n) is 11.9. The first-order valence-corrected chi connectivity index (χ1v) is 7.31. The van der Waals surface area contributed by atoms with Crippen LogP contribution in [0.3, 0.4) is 0 Å². The van der Waals surface area contributed by atoms with Gasteiger partial charge in [0.15, 0.2) is 5.75 Å². The number of aliphatic hydroxyl groups excluding tert-OH is 1. The quantitative estimate of drug-likeness (QED) is 0.361. The summed E-state index contributed by atoms with van der Waals surface area (Å²) in [7, 11) is 1.55. The summed E-state index contributed by atoms with van der Waals surface area (Å²) in [4.78, 5) is 16.0. The van der Waals surface area contributed by atoms with Crippen molar-refractivity contribution < 1.29 is 19.4 Å². The van der Waals surface area contributed by atoms with E-state index in [0.717, 1.165) is 6.42 Å². The molecule has 0 saturated heterocycles. The maximum absolute atomic E-state index is 11.8. The minimum Gasteiger partial charge on any atom is -0.511 e. The highest BCUT2D eigenvalue weighted by molar-refractivity contribution is 7.08. The average molecular weight is 297 g/mol. The van der Waals surface area contributed by atoms with Gasteiger partial charge in [0.25, 0.3) is 0 Å². The molecule has 1 N–H and O–H groups in total. The molecule has 0 saturated carbocycles. The number of methoxy groups -OCH3 is 1. The summed E-state index contributed by atoms with van der Waals surface area (Å²) in [6, 6.07) is 0. The summed E-state index contributed by atoms with van der Waals surface area (Å²) in [5.74, 6) is 0.0460. The van der Waals surface area contributed by atoms with E-state index < -0.39 is 5.97 Å². The van der Waals surface area contributed by atoms with Gasteiger partial charge in [-0.3, -0.25) is 4.99 Å². The maximum atomic E-state index is 11.8. The molecule has 0 atom stereocenters. The van der Waals surface area contributed by atoms with E-state index in [9.17, 15) is 9.90 Å². The number of ether oxygens (including phenoxy) is 2. The third kappa shape index (κ3) is 4.38. The summed E-state index contributed by atoms with van der Waals surface area (Å²) < 4.78 is 10.1. The number of nitrogens with zero attached hydrogens (tertiary/aromatic N) is 1. The lowest BCUT2D eigenvalue weighted by molar-refractivity contribution is -0.138. The van der Waals surface area contributed by atoms with Crippen molar-refractivity contribution in [1.29, 1.82) is 0 Å². The van der Waals surface area contributed by atoms with Crippen LogP contribution in [0.15, 0.2) is 27.1 Å². The van der Waals surface area contributed by atoms with Crippen LogP contribution in [-0.4, -0.2) is 31.0 Å². The lowest BCUT2D eigenvalue weighted by Crippen LogP contribution is -2.11. The minimum absolute atomic E-state index is 0.0103. The molecule has 0 amide bonds. The van der Waals surface area contributed by atoms with Crippen LogP contribution in [0.4, 0.5) is 5.69 Å².